The largest absolute Gasteiger partial charge is 0.416 e. The second-order valence-electron chi connectivity index (χ2n) is 21.5. The number of carbonyl (C=O) groups excluding carboxylic acids is 2. The van der Waals surface area contributed by atoms with Gasteiger partial charge in [-0.2, -0.15) is 0 Å². The standard InChI is InChI=1S/C37H61N3O3SSi2.C16H15ClN2OS/c1-25(2)46(26(3)4,27(5)6)43-33-20-31(19-30(33)22-42-45(10,11)37(7,8)9)40-36-32(21-38-24-39-36)35(41)34-18-29(23-44-34)17-28-15-13-12-14-16-28;17-16-13(8-18-10-19-16)15(20)14-7-12(9-21-14)6-11-4-2-1-3-5-11/h15,18,21,23-27,30-31,33H,12-14,16-17,19-20,22H2,1-11H3,(H,38,39,40);4,7-10H,1-3,5-6H2/t30-,31-,33+;/m1./s1. The Morgan fingerprint density at radius 3 is 1.79 bits per heavy atom. The normalized spacial score (nSPS) is 19.3. The van der Waals surface area contributed by atoms with Crippen molar-refractivity contribution in [3.8, 4) is 0 Å². The van der Waals surface area contributed by atoms with Gasteiger partial charge in [0.15, 0.2) is 8.32 Å². The quantitative estimate of drug-likeness (QED) is 0.0450. The minimum atomic E-state index is -2.11. The number of nitrogens with zero attached hydrogens (tertiary/aromatic N) is 4. The zero-order chi connectivity index (χ0) is 48.5. The summed E-state index contributed by atoms with van der Waals surface area (Å²) in [6.07, 6.45) is 24.4. The molecule has 0 aromatic carbocycles. The molecule has 4 heterocycles. The molecule has 1 fully saturated rings. The minimum Gasteiger partial charge on any atom is -0.416 e. The number of nitrogens with one attached hydrogen (secondary N) is 1. The Labute approximate surface area is 416 Å². The molecule has 364 valence electrons. The molecule has 3 atom stereocenters. The van der Waals surface area contributed by atoms with E-state index in [9.17, 15) is 9.59 Å². The SMILES string of the molecule is CC(C)[Si](O[C@H]1C[C@H](Nc2ncncc2C(=O)c2cc(CC3=CCCCC3)cs2)C[C@@H]1CO[Si](C)(C)C(C)(C)C)(C(C)C)C(C)C.O=C(c1cc(CC2=CCCCC2)cs1)c1cncnc1Cl. The van der Waals surface area contributed by atoms with Crippen LogP contribution in [0.2, 0.25) is 39.9 Å². The van der Waals surface area contributed by atoms with E-state index in [1.54, 1.807) is 12.5 Å². The summed E-state index contributed by atoms with van der Waals surface area (Å²) in [5, 5.41) is 8.26. The molecule has 0 saturated heterocycles. The molecule has 0 unspecified atom stereocenters. The fourth-order valence-electron chi connectivity index (χ4n) is 10.1. The number of allylic oxidation sites excluding steroid dienone is 4. The first-order chi connectivity index (χ1) is 31.8. The third-order valence-corrected chi connectivity index (χ3v) is 27.6. The number of aromatic nitrogens is 4. The Morgan fingerprint density at radius 1 is 0.776 bits per heavy atom. The first-order valence-corrected chi connectivity index (χ1v) is 31.9. The number of thiophene rings is 2. The first kappa shape index (κ1) is 53.2. The highest BCUT2D eigenvalue weighted by Crippen LogP contribution is 2.47. The van der Waals surface area contributed by atoms with Crippen molar-refractivity contribution in [2.24, 2.45) is 5.92 Å². The van der Waals surface area contributed by atoms with Gasteiger partial charge < -0.3 is 14.2 Å². The highest BCUT2D eigenvalue weighted by atomic mass is 35.5. The summed E-state index contributed by atoms with van der Waals surface area (Å²) < 4.78 is 14.3. The van der Waals surface area contributed by atoms with Crippen molar-refractivity contribution in [1.29, 1.82) is 0 Å². The predicted molar refractivity (Wildman–Crippen MR) is 284 cm³/mol. The van der Waals surface area contributed by atoms with Gasteiger partial charge in [0.25, 0.3) is 0 Å². The molecule has 67 heavy (non-hydrogen) atoms. The molecule has 0 aliphatic heterocycles. The first-order valence-electron chi connectivity index (χ1n) is 24.7. The third kappa shape index (κ3) is 13.6. The van der Waals surface area contributed by atoms with E-state index in [0.29, 0.717) is 45.1 Å². The number of ketones is 2. The van der Waals surface area contributed by atoms with Crippen LogP contribution in [0.4, 0.5) is 5.82 Å². The van der Waals surface area contributed by atoms with Crippen molar-refractivity contribution < 1.29 is 18.4 Å². The van der Waals surface area contributed by atoms with Crippen molar-refractivity contribution in [2.75, 3.05) is 11.9 Å². The summed E-state index contributed by atoms with van der Waals surface area (Å²) >= 11 is 8.94. The van der Waals surface area contributed by atoms with Crippen molar-refractivity contribution in [3.05, 3.63) is 108 Å². The molecule has 0 spiro atoms. The van der Waals surface area contributed by atoms with Crippen LogP contribution in [0.3, 0.4) is 0 Å². The van der Waals surface area contributed by atoms with Crippen molar-refractivity contribution in [2.45, 2.75) is 186 Å². The maximum Gasteiger partial charge on any atom is 0.208 e. The van der Waals surface area contributed by atoms with E-state index in [1.807, 2.05) is 6.07 Å². The monoisotopic (exact) mass is 1000 g/mol. The number of hydrogen-bond donors (Lipinski definition) is 1. The molecular formula is C53H76ClN5O4S2Si2. The smallest absolute Gasteiger partial charge is 0.208 e. The van der Waals surface area contributed by atoms with Crippen LogP contribution in [0, 0.1) is 5.92 Å². The fourth-order valence-corrected chi connectivity index (χ4v) is 18.7. The second kappa shape index (κ2) is 23.6. The maximum atomic E-state index is 13.8. The average Bonchev–Trinajstić information content (AvgIpc) is 4.05. The average molecular weight is 1000 g/mol. The van der Waals surface area contributed by atoms with Crippen LogP contribution in [0.25, 0.3) is 0 Å². The van der Waals surface area contributed by atoms with Crippen LogP contribution < -0.4 is 5.32 Å². The molecule has 3 aliphatic rings. The van der Waals surface area contributed by atoms with Crippen molar-refractivity contribution >= 4 is 68.3 Å². The van der Waals surface area contributed by atoms with Gasteiger partial charge in [-0.3, -0.25) is 9.59 Å². The minimum absolute atomic E-state index is 0.00794. The molecule has 1 N–H and O–H groups in total. The zero-order valence-electron chi connectivity index (χ0n) is 42.0. The van der Waals surface area contributed by atoms with Gasteiger partial charge in [0.1, 0.15) is 23.6 Å². The molecule has 4 aromatic heterocycles. The number of rotatable bonds is 18. The molecule has 0 radical (unpaired) electrons. The Bertz CT molecular complexity index is 2330. The van der Waals surface area contributed by atoms with E-state index >= 15 is 0 Å². The van der Waals surface area contributed by atoms with E-state index < -0.39 is 16.6 Å². The Morgan fingerprint density at radius 2 is 1.30 bits per heavy atom. The van der Waals surface area contributed by atoms with Crippen LogP contribution in [0.15, 0.2) is 71.2 Å². The number of carbonyl (C=O) groups is 2. The van der Waals surface area contributed by atoms with Gasteiger partial charge in [0, 0.05) is 31.0 Å². The lowest BCUT2D eigenvalue weighted by atomic mass is 9.95. The van der Waals surface area contributed by atoms with Gasteiger partial charge in [-0.15, -0.1) is 22.7 Å². The van der Waals surface area contributed by atoms with Crippen LogP contribution in [-0.4, -0.2) is 66.9 Å². The van der Waals surface area contributed by atoms with E-state index in [2.05, 4.69) is 130 Å². The van der Waals surface area contributed by atoms with Gasteiger partial charge in [-0.25, -0.2) is 19.9 Å². The summed E-state index contributed by atoms with van der Waals surface area (Å²) in [6.45, 7) is 26.5. The van der Waals surface area contributed by atoms with Gasteiger partial charge in [0.05, 0.1) is 27.0 Å². The lowest BCUT2D eigenvalue weighted by Crippen LogP contribution is -2.51. The summed E-state index contributed by atoms with van der Waals surface area (Å²) in [5.74, 6) is 0.797. The number of halogens is 1. The highest BCUT2D eigenvalue weighted by Gasteiger charge is 2.50. The van der Waals surface area contributed by atoms with E-state index in [0.717, 1.165) is 30.6 Å². The summed E-state index contributed by atoms with van der Waals surface area (Å²) in [6, 6.07) is 4.17. The number of hydrogen-bond acceptors (Lipinski definition) is 11. The van der Waals surface area contributed by atoms with E-state index in [1.165, 1.54) is 109 Å². The van der Waals surface area contributed by atoms with Gasteiger partial charge >= 0.3 is 0 Å². The van der Waals surface area contributed by atoms with Gasteiger partial charge in [-0.05, 0) is 146 Å². The molecule has 14 heteroatoms. The predicted octanol–water partition coefficient (Wildman–Crippen LogP) is 15.1. The van der Waals surface area contributed by atoms with Crippen LogP contribution in [0.1, 0.15) is 168 Å². The molecule has 0 bridgehead atoms. The fraction of sp³-hybridized carbons (Fsp3) is 0.585. The summed E-state index contributed by atoms with van der Waals surface area (Å²) in [4.78, 5) is 44.3. The zero-order valence-corrected chi connectivity index (χ0v) is 46.4. The van der Waals surface area contributed by atoms with E-state index in [-0.39, 0.29) is 39.8 Å². The summed E-state index contributed by atoms with van der Waals surface area (Å²) in [7, 11) is -4.04. The molecule has 3 aliphatic carbocycles. The maximum absolute atomic E-state index is 13.8. The lowest BCUT2D eigenvalue weighted by Gasteiger charge is -2.45. The van der Waals surface area contributed by atoms with Gasteiger partial charge in [0.2, 0.25) is 19.9 Å². The molecule has 1 saturated carbocycles. The van der Waals surface area contributed by atoms with Crippen molar-refractivity contribution in [1.82, 2.24) is 19.9 Å². The molecular weight excluding hydrogens is 926 g/mol. The van der Waals surface area contributed by atoms with E-state index in [4.69, 9.17) is 20.5 Å². The van der Waals surface area contributed by atoms with Gasteiger partial charge in [-0.1, -0.05) is 97.2 Å². The topological polar surface area (TPSA) is 116 Å². The van der Waals surface area contributed by atoms with Crippen LogP contribution in [0.5, 0.6) is 0 Å². The highest BCUT2D eigenvalue weighted by molar-refractivity contribution is 7.12. The third-order valence-electron chi connectivity index (χ3n) is 14.8. The Balaban J connectivity index is 0.000000291. The Hall–Kier alpha value is -3.18. The Kier molecular flexibility index (Phi) is 18.7. The molecule has 7 rings (SSSR count). The molecule has 9 nitrogen and oxygen atoms in total. The summed E-state index contributed by atoms with van der Waals surface area (Å²) in [5.41, 5.74) is 7.85. The van der Waals surface area contributed by atoms with Crippen molar-refractivity contribution in [3.63, 3.8) is 0 Å². The lowest BCUT2D eigenvalue weighted by molar-refractivity contribution is 0.0970. The van der Waals surface area contributed by atoms with Crippen LogP contribution >= 0.6 is 34.3 Å². The number of anilines is 1. The van der Waals surface area contributed by atoms with Crippen LogP contribution in [-0.2, 0) is 21.7 Å². The second-order valence-corrected chi connectivity index (χ2v) is 33.9. The molecule has 0 amide bonds. The molecule has 4 aromatic rings.